The van der Waals surface area contributed by atoms with Crippen LogP contribution in [0, 0.1) is 5.41 Å². The lowest BCUT2D eigenvalue weighted by molar-refractivity contribution is -0.359. The van der Waals surface area contributed by atoms with Crippen LogP contribution in [0.1, 0.15) is 0 Å². The van der Waals surface area contributed by atoms with Crippen molar-refractivity contribution in [1.82, 2.24) is 0 Å². The predicted molar refractivity (Wildman–Crippen MR) is 112 cm³/mol. The van der Waals surface area contributed by atoms with E-state index in [1.165, 1.54) is 21.6 Å². The van der Waals surface area contributed by atoms with Crippen LogP contribution < -0.4 is 21.3 Å². The van der Waals surface area contributed by atoms with Crippen molar-refractivity contribution in [1.29, 1.82) is 0 Å². The summed E-state index contributed by atoms with van der Waals surface area (Å²) >= 11 is 0. The zero-order valence-corrected chi connectivity index (χ0v) is 17.2. The molecule has 168 valence electrons. The first-order chi connectivity index (χ1) is 15.7. The van der Waals surface area contributed by atoms with Crippen LogP contribution in [0.2, 0.25) is 0 Å². The fourth-order valence-corrected chi connectivity index (χ4v) is 4.22. The zero-order valence-electron chi connectivity index (χ0n) is 17.2. The van der Waals surface area contributed by atoms with Gasteiger partial charge in [-0.15, -0.1) is 0 Å². The average molecular weight is 453 g/mol. The molecule has 1 aromatic rings. The number of hydrogen-bond donors (Lipinski definition) is 1. The number of alkyl halides is 3. The molecule has 5 nitrogen and oxygen atoms in total. The zero-order chi connectivity index (χ0) is 23.8. The molecule has 8 heteroatoms. The average Bonchev–Trinajstić information content (AvgIpc) is 3.16. The first-order valence-electron chi connectivity index (χ1n) is 9.99. The topological polar surface area (TPSA) is 94.1 Å². The number of halogens is 3. The van der Waals surface area contributed by atoms with E-state index in [-0.39, 0.29) is 12.5 Å². The predicted octanol–water partition coefficient (Wildman–Crippen LogP) is 0.518. The number of quaternary nitrogens is 1. The number of benzene rings is 1. The number of esters is 1. The van der Waals surface area contributed by atoms with Gasteiger partial charge in [0.1, 0.15) is 11.7 Å². The fourth-order valence-electron chi connectivity index (χ4n) is 4.22. The summed E-state index contributed by atoms with van der Waals surface area (Å²) in [5, 5.41) is 11.3. The minimum Gasteiger partial charge on any atom is -0.542 e. The van der Waals surface area contributed by atoms with Crippen LogP contribution >= 0.6 is 0 Å². The van der Waals surface area contributed by atoms with Gasteiger partial charge in [-0.05, 0) is 51.0 Å². The van der Waals surface area contributed by atoms with E-state index in [2.05, 4.69) is 60.4 Å². The van der Waals surface area contributed by atoms with E-state index in [9.17, 15) is 18.0 Å². The van der Waals surface area contributed by atoms with Crippen LogP contribution in [0.25, 0.3) is 11.6 Å². The van der Waals surface area contributed by atoms with Crippen molar-refractivity contribution in [3.05, 3.63) is 106 Å². The molecule has 0 saturated carbocycles. The molecular weight excluding hydrogens is 435 g/mol. The third kappa shape index (κ3) is 3.78. The second kappa shape index (κ2) is 8.22. The van der Waals surface area contributed by atoms with Crippen LogP contribution in [-0.4, -0.2) is 24.7 Å². The van der Waals surface area contributed by atoms with Crippen LogP contribution in [0.4, 0.5) is 13.2 Å². The quantitative estimate of drug-likeness (QED) is 0.661. The molecule has 4 aliphatic carbocycles. The third-order valence-corrected chi connectivity index (χ3v) is 5.60. The molecule has 4 aliphatic rings. The van der Waals surface area contributed by atoms with Crippen molar-refractivity contribution in [2.24, 2.45) is 5.41 Å². The summed E-state index contributed by atoms with van der Waals surface area (Å²) in [4.78, 5) is 20.8. The van der Waals surface area contributed by atoms with Gasteiger partial charge in [-0.25, -0.2) is 4.79 Å². The highest BCUT2D eigenvalue weighted by atomic mass is 19.4. The highest BCUT2D eigenvalue weighted by Crippen LogP contribution is 2.54. The Morgan fingerprint density at radius 1 is 1.03 bits per heavy atom. The molecule has 1 unspecified atom stereocenters. The number of carbonyl (C=O) groups is 2. The summed E-state index contributed by atoms with van der Waals surface area (Å²) in [6.45, 7) is 0.108. The van der Waals surface area contributed by atoms with Crippen LogP contribution in [0.5, 0.6) is 0 Å². The van der Waals surface area contributed by atoms with Crippen molar-refractivity contribution >= 4 is 23.6 Å². The molecular formula is C25H18F3NO4. The number of rotatable bonds is 2. The maximum atomic E-state index is 12.0. The van der Waals surface area contributed by atoms with Crippen molar-refractivity contribution in [3.8, 4) is 0 Å². The second-order valence-corrected chi connectivity index (χ2v) is 7.50. The fraction of sp³-hybridized carbons (Fsp3) is 0.120. The summed E-state index contributed by atoms with van der Waals surface area (Å²) in [7, 11) is 0. The molecule has 3 N–H and O–H groups in total. The maximum absolute atomic E-state index is 12.0. The summed E-state index contributed by atoms with van der Waals surface area (Å²) in [6.07, 6.45) is 13.5. The molecule has 0 fully saturated rings. The molecule has 0 saturated heterocycles. The molecule has 1 aromatic carbocycles. The Kier molecular flexibility index (Phi) is 5.55. The van der Waals surface area contributed by atoms with Crippen LogP contribution in [-0.2, 0) is 14.3 Å². The SMILES string of the molecule is O=C([O-])C(F)(F)F.[NH3+]CC(=O)OC1=CC=CC2=C3C=c4ccccc4=C3C=C3C=CC=CC312. The van der Waals surface area contributed by atoms with Gasteiger partial charge in [0, 0.05) is 0 Å². The highest BCUT2D eigenvalue weighted by Gasteiger charge is 2.46. The Morgan fingerprint density at radius 2 is 1.76 bits per heavy atom. The standard InChI is InChI=1S/C23H17NO2.C2HF3O2/c24-14-22(25)26-21-10-5-9-20-19-12-15-6-1-2-8-17(15)18(19)13-16-7-3-4-11-23(16,20)21;3-2(4,5)1(6)7/h1-13H,14,24H2;(H,6,7). The van der Waals surface area contributed by atoms with Crippen molar-refractivity contribution < 1.29 is 38.3 Å². The maximum Gasteiger partial charge on any atom is 0.430 e. The molecule has 1 spiro atoms. The lowest BCUT2D eigenvalue weighted by Gasteiger charge is -2.41. The van der Waals surface area contributed by atoms with Gasteiger partial charge in [0.15, 0.2) is 6.54 Å². The Balaban J connectivity index is 0.000000325. The summed E-state index contributed by atoms with van der Waals surface area (Å²) in [6, 6.07) is 8.43. The Morgan fingerprint density at radius 3 is 2.45 bits per heavy atom. The highest BCUT2D eigenvalue weighted by molar-refractivity contribution is 5.94. The van der Waals surface area contributed by atoms with E-state index in [0.29, 0.717) is 5.76 Å². The number of allylic oxidation sites excluding steroid dienone is 9. The summed E-state index contributed by atoms with van der Waals surface area (Å²) < 4.78 is 37.3. The molecule has 0 bridgehead atoms. The Labute approximate surface area is 186 Å². The lowest BCUT2D eigenvalue weighted by Crippen LogP contribution is -2.54. The largest absolute Gasteiger partial charge is 0.542 e. The summed E-state index contributed by atoms with van der Waals surface area (Å²) in [5.74, 6) is -2.68. The van der Waals surface area contributed by atoms with E-state index < -0.39 is 17.6 Å². The van der Waals surface area contributed by atoms with E-state index in [0.717, 1.165) is 11.1 Å². The molecule has 0 heterocycles. The van der Waals surface area contributed by atoms with Gasteiger partial charge in [-0.1, -0.05) is 60.7 Å². The van der Waals surface area contributed by atoms with E-state index in [4.69, 9.17) is 14.6 Å². The minimum absolute atomic E-state index is 0.108. The molecule has 0 radical (unpaired) electrons. The Bertz CT molecular complexity index is 1360. The van der Waals surface area contributed by atoms with Crippen LogP contribution in [0.3, 0.4) is 0 Å². The number of fused-ring (bicyclic) bond motifs is 2. The first-order valence-corrected chi connectivity index (χ1v) is 9.99. The lowest BCUT2D eigenvalue weighted by atomic mass is 9.63. The number of ether oxygens (including phenoxy) is 1. The number of carbonyl (C=O) groups excluding carboxylic acids is 2. The summed E-state index contributed by atoms with van der Waals surface area (Å²) in [5.41, 5.74) is 7.79. The molecule has 0 aliphatic heterocycles. The second-order valence-electron chi connectivity index (χ2n) is 7.50. The minimum atomic E-state index is -5.19. The van der Waals surface area contributed by atoms with Crippen LogP contribution in [0.15, 0.2) is 95.4 Å². The molecule has 0 aromatic heterocycles. The number of carboxylic acid groups (broad SMARTS) is 1. The molecule has 0 amide bonds. The van der Waals surface area contributed by atoms with Gasteiger partial charge in [0.2, 0.25) is 0 Å². The van der Waals surface area contributed by atoms with E-state index >= 15 is 0 Å². The molecule has 1 atom stereocenters. The van der Waals surface area contributed by atoms with Crippen molar-refractivity contribution in [3.63, 3.8) is 0 Å². The Hall–Kier alpha value is -3.91. The third-order valence-electron chi connectivity index (χ3n) is 5.60. The van der Waals surface area contributed by atoms with Gasteiger partial charge >= 0.3 is 12.1 Å². The van der Waals surface area contributed by atoms with Gasteiger partial charge in [0.05, 0.1) is 5.41 Å². The smallest absolute Gasteiger partial charge is 0.430 e. The molecule has 33 heavy (non-hydrogen) atoms. The van der Waals surface area contributed by atoms with Gasteiger partial charge in [-0.2, -0.15) is 13.2 Å². The number of aliphatic carboxylic acids is 1. The number of carboxylic acids is 1. The van der Waals surface area contributed by atoms with Crippen molar-refractivity contribution in [2.75, 3.05) is 6.54 Å². The van der Waals surface area contributed by atoms with Gasteiger partial charge in [-0.3, -0.25) is 0 Å². The first kappa shape index (κ1) is 22.3. The number of hydrogen-bond acceptors (Lipinski definition) is 4. The van der Waals surface area contributed by atoms with Crippen molar-refractivity contribution in [2.45, 2.75) is 6.18 Å². The monoisotopic (exact) mass is 453 g/mol. The van der Waals surface area contributed by atoms with E-state index in [1.54, 1.807) is 0 Å². The van der Waals surface area contributed by atoms with Gasteiger partial charge in [0.25, 0.3) is 0 Å². The molecule has 5 rings (SSSR count). The normalized spacial score (nSPS) is 21.4. The van der Waals surface area contributed by atoms with Gasteiger partial charge < -0.3 is 20.4 Å². The van der Waals surface area contributed by atoms with E-state index in [1.807, 2.05) is 24.3 Å².